The zero-order chi connectivity index (χ0) is 13.4. The highest BCUT2D eigenvalue weighted by Gasteiger charge is 2.37. The second-order valence-corrected chi connectivity index (χ2v) is 5.80. The Bertz CT molecular complexity index is 456. The van der Waals surface area contributed by atoms with E-state index in [0.29, 0.717) is 23.7 Å². The van der Waals surface area contributed by atoms with Gasteiger partial charge >= 0.3 is 0 Å². The molecule has 2 unspecified atom stereocenters. The maximum Gasteiger partial charge on any atom is 0.257 e. The van der Waals surface area contributed by atoms with Gasteiger partial charge in [0.15, 0.2) is 0 Å². The van der Waals surface area contributed by atoms with Gasteiger partial charge in [-0.2, -0.15) is 0 Å². The van der Waals surface area contributed by atoms with Gasteiger partial charge in [-0.15, -0.1) is 0 Å². The number of furan rings is 1. The molecule has 2 bridgehead atoms. The fraction of sp³-hybridized carbons (Fsp3) is 0.667. The Morgan fingerprint density at radius 3 is 2.63 bits per heavy atom. The van der Waals surface area contributed by atoms with Crippen molar-refractivity contribution in [2.24, 2.45) is 0 Å². The van der Waals surface area contributed by atoms with Gasteiger partial charge in [-0.25, -0.2) is 0 Å². The molecule has 1 N–H and O–H groups in total. The van der Waals surface area contributed by atoms with Crippen LogP contribution in [-0.4, -0.2) is 35.5 Å². The Kier molecular flexibility index (Phi) is 3.35. The van der Waals surface area contributed by atoms with Crippen LogP contribution in [0.4, 0.5) is 0 Å². The highest BCUT2D eigenvalue weighted by molar-refractivity contribution is 5.94. The Morgan fingerprint density at radius 2 is 2.11 bits per heavy atom. The van der Waals surface area contributed by atoms with E-state index in [-0.39, 0.29) is 5.91 Å². The molecule has 2 saturated heterocycles. The molecule has 0 radical (unpaired) electrons. The number of nitrogens with zero attached hydrogens (tertiary/aromatic N) is 1. The van der Waals surface area contributed by atoms with Crippen LogP contribution in [0.25, 0.3) is 0 Å². The van der Waals surface area contributed by atoms with Crippen LogP contribution in [0.2, 0.25) is 0 Å². The van der Waals surface area contributed by atoms with Crippen LogP contribution in [-0.2, 0) is 0 Å². The molecule has 4 nitrogen and oxygen atoms in total. The van der Waals surface area contributed by atoms with E-state index in [1.165, 1.54) is 12.8 Å². The molecule has 3 heterocycles. The van der Waals surface area contributed by atoms with Crippen molar-refractivity contribution in [2.75, 3.05) is 6.54 Å². The predicted molar refractivity (Wildman–Crippen MR) is 73.1 cm³/mol. The molecule has 4 heteroatoms. The van der Waals surface area contributed by atoms with Crippen molar-refractivity contribution in [3.8, 4) is 0 Å². The zero-order valence-corrected chi connectivity index (χ0v) is 11.7. The summed E-state index contributed by atoms with van der Waals surface area (Å²) in [7, 11) is 0. The van der Waals surface area contributed by atoms with Crippen LogP contribution in [0.5, 0.6) is 0 Å². The third-order valence-corrected chi connectivity index (χ3v) is 4.47. The van der Waals surface area contributed by atoms with Gasteiger partial charge in [-0.3, -0.25) is 4.79 Å². The molecule has 1 amide bonds. The summed E-state index contributed by atoms with van der Waals surface area (Å²) in [6.07, 6.45) is 6.28. The van der Waals surface area contributed by atoms with E-state index in [1.807, 2.05) is 17.9 Å². The Balaban J connectivity index is 1.75. The first kappa shape index (κ1) is 12.7. The van der Waals surface area contributed by atoms with Crippen LogP contribution in [0.3, 0.4) is 0 Å². The van der Waals surface area contributed by atoms with Crippen LogP contribution < -0.4 is 5.32 Å². The van der Waals surface area contributed by atoms with Crippen molar-refractivity contribution in [1.82, 2.24) is 10.2 Å². The minimum Gasteiger partial charge on any atom is -0.469 e. The number of piperidine rings is 1. The summed E-state index contributed by atoms with van der Waals surface area (Å²) in [4.78, 5) is 14.6. The summed E-state index contributed by atoms with van der Waals surface area (Å²) in [6.45, 7) is 4.71. The molecule has 3 rings (SSSR count). The highest BCUT2D eigenvalue weighted by Crippen LogP contribution is 2.30. The second-order valence-electron chi connectivity index (χ2n) is 5.80. The lowest BCUT2D eigenvalue weighted by Crippen LogP contribution is -2.50. The maximum absolute atomic E-state index is 12.6. The van der Waals surface area contributed by atoms with Crippen LogP contribution >= 0.6 is 0 Å². The molecule has 0 saturated carbocycles. The van der Waals surface area contributed by atoms with E-state index < -0.39 is 0 Å². The highest BCUT2D eigenvalue weighted by atomic mass is 16.3. The van der Waals surface area contributed by atoms with Crippen molar-refractivity contribution in [3.63, 3.8) is 0 Å². The number of fused-ring (bicyclic) bond motifs is 2. The van der Waals surface area contributed by atoms with Gasteiger partial charge in [0.25, 0.3) is 5.91 Å². The molecule has 2 aliphatic rings. The lowest BCUT2D eigenvalue weighted by Gasteiger charge is -2.37. The Labute approximate surface area is 114 Å². The smallest absolute Gasteiger partial charge is 0.257 e. The van der Waals surface area contributed by atoms with E-state index in [2.05, 4.69) is 12.2 Å². The molecule has 2 fully saturated rings. The molecule has 2 aliphatic heterocycles. The van der Waals surface area contributed by atoms with Crippen molar-refractivity contribution < 1.29 is 9.21 Å². The summed E-state index contributed by atoms with van der Waals surface area (Å²) in [5.41, 5.74) is 0.685. The van der Waals surface area contributed by atoms with Gasteiger partial charge in [0.05, 0.1) is 5.56 Å². The number of carbonyl (C=O) groups is 1. The number of aryl methyl sites for hydroxylation is 1. The topological polar surface area (TPSA) is 45.5 Å². The van der Waals surface area contributed by atoms with E-state index >= 15 is 0 Å². The number of amides is 1. The normalized spacial score (nSPS) is 29.5. The molecule has 1 aromatic rings. The van der Waals surface area contributed by atoms with E-state index in [9.17, 15) is 4.79 Å². The standard InChI is InChI=1S/C15H22N2O2/c1-3-17(15(18)11-6-10(2)19-9-11)14-7-12-4-5-13(8-14)16-12/h6,9,12-14,16H,3-5,7-8H2,1-2H3. The monoisotopic (exact) mass is 262 g/mol. The second kappa shape index (κ2) is 5.00. The molecular weight excluding hydrogens is 240 g/mol. The van der Waals surface area contributed by atoms with Gasteiger partial charge in [-0.1, -0.05) is 0 Å². The molecule has 19 heavy (non-hydrogen) atoms. The molecular formula is C15H22N2O2. The minimum atomic E-state index is 0.116. The largest absolute Gasteiger partial charge is 0.469 e. The predicted octanol–water partition coefficient (Wildman–Crippen LogP) is 2.33. The van der Waals surface area contributed by atoms with Crippen LogP contribution in [0.15, 0.2) is 16.7 Å². The van der Waals surface area contributed by atoms with Crippen molar-refractivity contribution in [1.29, 1.82) is 0 Å². The Morgan fingerprint density at radius 1 is 1.42 bits per heavy atom. The Hall–Kier alpha value is -1.29. The first-order chi connectivity index (χ1) is 9.17. The third-order valence-electron chi connectivity index (χ3n) is 4.47. The summed E-state index contributed by atoms with van der Waals surface area (Å²) in [5, 5.41) is 3.63. The van der Waals surface area contributed by atoms with Crippen molar-refractivity contribution in [2.45, 2.75) is 57.7 Å². The summed E-state index contributed by atoms with van der Waals surface area (Å²) in [5.74, 6) is 0.912. The van der Waals surface area contributed by atoms with E-state index in [1.54, 1.807) is 6.26 Å². The first-order valence-electron chi connectivity index (χ1n) is 7.29. The summed E-state index contributed by atoms with van der Waals surface area (Å²) < 4.78 is 5.26. The lowest BCUT2D eigenvalue weighted by molar-refractivity contribution is 0.0630. The molecule has 104 valence electrons. The van der Waals surface area contributed by atoms with Gasteiger partial charge in [0, 0.05) is 24.7 Å². The lowest BCUT2D eigenvalue weighted by atomic mass is 9.97. The number of rotatable bonds is 3. The van der Waals surface area contributed by atoms with Gasteiger partial charge in [-0.05, 0) is 45.6 Å². The van der Waals surface area contributed by atoms with E-state index in [0.717, 1.165) is 25.1 Å². The van der Waals surface area contributed by atoms with E-state index in [4.69, 9.17) is 4.42 Å². The third kappa shape index (κ3) is 2.41. The fourth-order valence-electron chi connectivity index (χ4n) is 3.57. The fourth-order valence-corrected chi connectivity index (χ4v) is 3.57. The molecule has 0 spiro atoms. The summed E-state index contributed by atoms with van der Waals surface area (Å²) in [6, 6.07) is 3.43. The van der Waals surface area contributed by atoms with Gasteiger partial charge < -0.3 is 14.6 Å². The number of hydrogen-bond acceptors (Lipinski definition) is 3. The number of carbonyl (C=O) groups excluding carboxylic acids is 1. The number of nitrogens with one attached hydrogen (secondary N) is 1. The summed E-state index contributed by atoms with van der Waals surface area (Å²) >= 11 is 0. The average Bonchev–Trinajstić information content (AvgIpc) is 2.97. The van der Waals surface area contributed by atoms with Crippen molar-refractivity contribution >= 4 is 5.91 Å². The molecule has 1 aromatic heterocycles. The average molecular weight is 262 g/mol. The maximum atomic E-state index is 12.6. The van der Waals surface area contributed by atoms with Crippen LogP contribution in [0, 0.1) is 6.92 Å². The van der Waals surface area contributed by atoms with Gasteiger partial charge in [0.1, 0.15) is 12.0 Å². The van der Waals surface area contributed by atoms with Gasteiger partial charge in [0.2, 0.25) is 0 Å². The van der Waals surface area contributed by atoms with Crippen LogP contribution in [0.1, 0.15) is 48.7 Å². The molecule has 0 aliphatic carbocycles. The molecule has 2 atom stereocenters. The van der Waals surface area contributed by atoms with Crippen molar-refractivity contribution in [3.05, 3.63) is 23.7 Å². The first-order valence-corrected chi connectivity index (χ1v) is 7.29. The zero-order valence-electron chi connectivity index (χ0n) is 11.7. The quantitative estimate of drug-likeness (QED) is 0.909. The minimum absolute atomic E-state index is 0.116. The SMILES string of the molecule is CCN(C(=O)c1coc(C)c1)C1CC2CCC(C1)N2. The number of hydrogen-bond donors (Lipinski definition) is 1. The molecule has 0 aromatic carbocycles.